The molecule has 1 aromatic heterocycles. The van der Waals surface area contributed by atoms with Crippen molar-refractivity contribution in [1.29, 1.82) is 0 Å². The number of pyridine rings is 1. The molecule has 0 aliphatic carbocycles. The number of carbonyl (C=O) groups excluding carboxylic acids is 2. The van der Waals surface area contributed by atoms with E-state index in [1.54, 1.807) is 29.4 Å². The highest BCUT2D eigenvalue weighted by atomic mass is 32.2. The smallest absolute Gasteiger partial charge is 0.318 e. The highest BCUT2D eigenvalue weighted by molar-refractivity contribution is 7.99. The molecule has 1 unspecified atom stereocenters. The first kappa shape index (κ1) is 18.3. The van der Waals surface area contributed by atoms with Gasteiger partial charge in [0.1, 0.15) is 6.04 Å². The Balaban J connectivity index is 1.70. The zero-order valence-electron chi connectivity index (χ0n) is 14.4. The quantitative estimate of drug-likeness (QED) is 0.848. The molecule has 1 atom stereocenters. The van der Waals surface area contributed by atoms with E-state index in [9.17, 15) is 9.59 Å². The van der Waals surface area contributed by atoms with E-state index in [-0.39, 0.29) is 11.9 Å². The van der Waals surface area contributed by atoms with Gasteiger partial charge in [-0.1, -0.05) is 30.3 Å². The third-order valence-corrected chi connectivity index (χ3v) is 5.07. The zero-order chi connectivity index (χ0) is 18.2. The molecule has 1 aromatic carbocycles. The van der Waals surface area contributed by atoms with Crippen molar-refractivity contribution in [2.24, 2.45) is 0 Å². The molecule has 3 rings (SSSR count). The van der Waals surface area contributed by atoms with Crippen LogP contribution >= 0.6 is 11.8 Å². The van der Waals surface area contributed by atoms with Crippen LogP contribution in [0.2, 0.25) is 0 Å². The summed E-state index contributed by atoms with van der Waals surface area (Å²) in [6, 6.07) is 12.4. The maximum absolute atomic E-state index is 12.8. The summed E-state index contributed by atoms with van der Waals surface area (Å²) < 4.78 is 0. The summed E-state index contributed by atoms with van der Waals surface area (Å²) in [7, 11) is 0. The van der Waals surface area contributed by atoms with Crippen LogP contribution in [0, 0.1) is 0 Å². The average Bonchev–Trinajstić information content (AvgIpc) is 2.69. The predicted molar refractivity (Wildman–Crippen MR) is 104 cm³/mol. The second-order valence-electron chi connectivity index (χ2n) is 6.02. The Labute approximate surface area is 157 Å². The molecular weight excluding hydrogens is 348 g/mol. The molecule has 26 heavy (non-hydrogen) atoms. The summed E-state index contributed by atoms with van der Waals surface area (Å²) in [5.41, 5.74) is 1.60. The molecule has 6 nitrogen and oxygen atoms in total. The number of amides is 3. The van der Waals surface area contributed by atoms with Crippen molar-refractivity contribution in [2.75, 3.05) is 29.9 Å². The Morgan fingerprint density at radius 1 is 1.12 bits per heavy atom. The highest BCUT2D eigenvalue weighted by Gasteiger charge is 2.25. The van der Waals surface area contributed by atoms with E-state index in [1.165, 1.54) is 0 Å². The number of benzene rings is 1. The maximum Gasteiger partial charge on any atom is 0.318 e. The number of thioether (sulfide) groups is 1. The molecule has 3 amide bonds. The van der Waals surface area contributed by atoms with Crippen molar-refractivity contribution in [3.63, 3.8) is 0 Å². The molecule has 7 heteroatoms. The van der Waals surface area contributed by atoms with Gasteiger partial charge >= 0.3 is 6.03 Å². The predicted octanol–water partition coefficient (Wildman–Crippen LogP) is 2.39. The number of urea groups is 1. The highest BCUT2D eigenvalue weighted by Crippen LogP contribution is 2.11. The van der Waals surface area contributed by atoms with E-state index < -0.39 is 6.04 Å². The van der Waals surface area contributed by atoms with Crippen LogP contribution in [0.25, 0.3) is 0 Å². The summed E-state index contributed by atoms with van der Waals surface area (Å²) >= 11 is 1.84. The molecule has 1 aliphatic heterocycles. The lowest BCUT2D eigenvalue weighted by molar-refractivity contribution is -0.118. The average molecular weight is 370 g/mol. The van der Waals surface area contributed by atoms with Gasteiger partial charge < -0.3 is 15.5 Å². The molecule has 0 bridgehead atoms. The summed E-state index contributed by atoms with van der Waals surface area (Å²) in [6.45, 7) is 1.41. The number of hydrogen-bond donors (Lipinski definition) is 2. The standard InChI is InChI=1S/C19H22N4O2S/c24-18(21-16-7-4-8-20-14-16)17(13-15-5-2-1-3-6-15)22-19(25)23-9-11-26-12-10-23/h1-8,14,17H,9-13H2,(H,21,24)(H,22,25). The lowest BCUT2D eigenvalue weighted by atomic mass is 10.1. The Morgan fingerprint density at radius 3 is 2.58 bits per heavy atom. The fraction of sp³-hybridized carbons (Fsp3) is 0.316. The lowest BCUT2D eigenvalue weighted by Gasteiger charge is -2.28. The van der Waals surface area contributed by atoms with Gasteiger partial charge in [-0.3, -0.25) is 9.78 Å². The van der Waals surface area contributed by atoms with Crippen LogP contribution in [-0.2, 0) is 11.2 Å². The molecule has 0 saturated carbocycles. The fourth-order valence-electron chi connectivity index (χ4n) is 2.73. The molecule has 2 heterocycles. The largest absolute Gasteiger partial charge is 0.326 e. The molecule has 0 spiro atoms. The van der Waals surface area contributed by atoms with Crippen LogP contribution < -0.4 is 10.6 Å². The summed E-state index contributed by atoms with van der Waals surface area (Å²) in [6.07, 6.45) is 3.66. The van der Waals surface area contributed by atoms with Gasteiger partial charge in [0, 0.05) is 37.2 Å². The summed E-state index contributed by atoms with van der Waals surface area (Å²) in [5.74, 6) is 1.61. The SMILES string of the molecule is O=C(Nc1cccnc1)C(Cc1ccccc1)NC(=O)N1CCSCC1. The molecule has 2 aromatic rings. The third-order valence-electron chi connectivity index (χ3n) is 4.12. The topological polar surface area (TPSA) is 74.3 Å². The van der Waals surface area contributed by atoms with Crippen molar-refractivity contribution in [3.8, 4) is 0 Å². The molecular formula is C19H22N4O2S. The van der Waals surface area contributed by atoms with Crippen LogP contribution in [0.3, 0.4) is 0 Å². The molecule has 2 N–H and O–H groups in total. The monoisotopic (exact) mass is 370 g/mol. The molecule has 1 fully saturated rings. The van der Waals surface area contributed by atoms with Crippen molar-refractivity contribution >= 4 is 29.4 Å². The van der Waals surface area contributed by atoms with Gasteiger partial charge in [-0.15, -0.1) is 0 Å². The van der Waals surface area contributed by atoms with Gasteiger partial charge in [-0.2, -0.15) is 11.8 Å². The third kappa shape index (κ3) is 5.23. The second kappa shape index (κ2) is 9.24. The van der Waals surface area contributed by atoms with Crippen LogP contribution in [0.4, 0.5) is 10.5 Å². The first-order valence-corrected chi connectivity index (χ1v) is 9.76. The van der Waals surface area contributed by atoms with Crippen molar-refractivity contribution in [2.45, 2.75) is 12.5 Å². The second-order valence-corrected chi connectivity index (χ2v) is 7.25. The number of nitrogens with zero attached hydrogens (tertiary/aromatic N) is 2. The summed E-state index contributed by atoms with van der Waals surface area (Å²) in [5, 5.41) is 5.73. The molecule has 1 aliphatic rings. The van der Waals surface area contributed by atoms with Gasteiger partial charge in [-0.25, -0.2) is 4.79 Å². The van der Waals surface area contributed by atoms with Crippen LogP contribution in [0.1, 0.15) is 5.56 Å². The van der Waals surface area contributed by atoms with Crippen molar-refractivity contribution in [1.82, 2.24) is 15.2 Å². The Kier molecular flexibility index (Phi) is 6.49. The Bertz CT molecular complexity index is 721. The van der Waals surface area contributed by atoms with Gasteiger partial charge in [0.15, 0.2) is 0 Å². The van der Waals surface area contributed by atoms with Crippen LogP contribution in [-0.4, -0.2) is 52.5 Å². The van der Waals surface area contributed by atoms with Gasteiger partial charge in [0.2, 0.25) is 5.91 Å². The minimum atomic E-state index is -0.653. The number of hydrogen-bond acceptors (Lipinski definition) is 4. The lowest BCUT2D eigenvalue weighted by Crippen LogP contribution is -2.52. The van der Waals surface area contributed by atoms with Gasteiger partial charge in [0.25, 0.3) is 0 Å². The van der Waals surface area contributed by atoms with E-state index in [1.807, 2.05) is 42.1 Å². The van der Waals surface area contributed by atoms with E-state index in [4.69, 9.17) is 0 Å². The minimum absolute atomic E-state index is 0.187. The van der Waals surface area contributed by atoms with E-state index in [2.05, 4.69) is 15.6 Å². The minimum Gasteiger partial charge on any atom is -0.326 e. The number of aromatic nitrogens is 1. The van der Waals surface area contributed by atoms with E-state index in [0.29, 0.717) is 25.2 Å². The first-order chi connectivity index (χ1) is 12.7. The van der Waals surface area contributed by atoms with E-state index >= 15 is 0 Å². The molecule has 0 radical (unpaired) electrons. The Morgan fingerprint density at radius 2 is 1.88 bits per heavy atom. The van der Waals surface area contributed by atoms with E-state index in [0.717, 1.165) is 17.1 Å². The number of carbonyl (C=O) groups is 2. The van der Waals surface area contributed by atoms with Gasteiger partial charge in [-0.05, 0) is 17.7 Å². The summed E-state index contributed by atoms with van der Waals surface area (Å²) in [4.78, 5) is 31.1. The van der Waals surface area contributed by atoms with Crippen molar-refractivity contribution < 1.29 is 9.59 Å². The van der Waals surface area contributed by atoms with Crippen LogP contribution in [0.15, 0.2) is 54.9 Å². The first-order valence-electron chi connectivity index (χ1n) is 8.60. The Hall–Kier alpha value is -2.54. The maximum atomic E-state index is 12.8. The molecule has 1 saturated heterocycles. The van der Waals surface area contributed by atoms with Gasteiger partial charge in [0.05, 0.1) is 11.9 Å². The zero-order valence-corrected chi connectivity index (χ0v) is 15.2. The van der Waals surface area contributed by atoms with Crippen LogP contribution in [0.5, 0.6) is 0 Å². The molecule has 136 valence electrons. The number of anilines is 1. The number of nitrogens with one attached hydrogen (secondary N) is 2. The fourth-order valence-corrected chi connectivity index (χ4v) is 3.64. The number of rotatable bonds is 5. The van der Waals surface area contributed by atoms with Crippen molar-refractivity contribution in [3.05, 3.63) is 60.4 Å². The normalized spacial score (nSPS) is 15.2.